The third-order valence-electron chi connectivity index (χ3n) is 7.91. The number of nitrogens with zero attached hydrogens (tertiary/aromatic N) is 1. The van der Waals surface area contributed by atoms with E-state index in [0.717, 1.165) is 47.8 Å². The average Bonchev–Trinajstić information content (AvgIpc) is 3.05. The molecule has 0 bridgehead atoms. The molecule has 0 amide bonds. The summed E-state index contributed by atoms with van der Waals surface area (Å²) in [5.41, 5.74) is 7.35. The molecule has 1 heterocycles. The number of rotatable bonds is 11. The maximum Gasteiger partial charge on any atom is 0.162 e. The average molecular weight is 556 g/mol. The van der Waals surface area contributed by atoms with Gasteiger partial charge in [0.2, 0.25) is 0 Å². The van der Waals surface area contributed by atoms with Crippen LogP contribution >= 0.6 is 0 Å². The van der Waals surface area contributed by atoms with E-state index >= 15 is 0 Å². The fraction of sp³-hybridized carbons (Fsp3) is 0.211. The predicted molar refractivity (Wildman–Crippen MR) is 168 cm³/mol. The van der Waals surface area contributed by atoms with Crippen molar-refractivity contribution in [2.75, 3.05) is 13.6 Å². The molecule has 4 heteroatoms. The Kier molecular flexibility index (Phi) is 8.82. The number of ether oxygens (including phenoxy) is 3. The van der Waals surface area contributed by atoms with Gasteiger partial charge in [-0.3, -0.25) is 4.90 Å². The fourth-order valence-electron chi connectivity index (χ4n) is 5.48. The van der Waals surface area contributed by atoms with Crippen molar-refractivity contribution in [3.8, 4) is 17.2 Å². The Hall–Kier alpha value is -4.54. The highest BCUT2D eigenvalue weighted by atomic mass is 16.5. The van der Waals surface area contributed by atoms with E-state index in [0.29, 0.717) is 19.8 Å². The third kappa shape index (κ3) is 7.02. The van der Waals surface area contributed by atoms with E-state index in [9.17, 15) is 0 Å². The molecule has 212 valence electrons. The van der Waals surface area contributed by atoms with Crippen LogP contribution in [-0.4, -0.2) is 18.5 Å². The molecule has 0 spiro atoms. The molecule has 1 unspecified atom stereocenters. The molecule has 0 saturated heterocycles. The van der Waals surface area contributed by atoms with Crippen molar-refractivity contribution in [3.05, 3.63) is 161 Å². The number of fused-ring (bicyclic) bond motifs is 1. The molecule has 6 rings (SSSR count). The van der Waals surface area contributed by atoms with Gasteiger partial charge in [-0.25, -0.2) is 0 Å². The third-order valence-corrected chi connectivity index (χ3v) is 7.91. The minimum atomic E-state index is 0.243. The Morgan fingerprint density at radius 1 is 0.571 bits per heavy atom. The molecule has 1 aliphatic rings. The van der Waals surface area contributed by atoms with Crippen LogP contribution in [0, 0.1) is 0 Å². The normalized spacial score (nSPS) is 14.6. The van der Waals surface area contributed by atoms with Crippen molar-refractivity contribution in [3.63, 3.8) is 0 Å². The van der Waals surface area contributed by atoms with Crippen LogP contribution in [0.5, 0.6) is 17.2 Å². The fourth-order valence-corrected chi connectivity index (χ4v) is 5.48. The van der Waals surface area contributed by atoms with Gasteiger partial charge in [0.1, 0.15) is 25.6 Å². The molecule has 0 aliphatic carbocycles. The minimum absolute atomic E-state index is 0.243. The van der Waals surface area contributed by atoms with Crippen molar-refractivity contribution >= 4 is 0 Å². The molecule has 5 aromatic rings. The quantitative estimate of drug-likeness (QED) is 0.164. The van der Waals surface area contributed by atoms with Gasteiger partial charge < -0.3 is 14.2 Å². The monoisotopic (exact) mass is 555 g/mol. The highest BCUT2D eigenvalue weighted by Gasteiger charge is 2.27. The lowest BCUT2D eigenvalue weighted by atomic mass is 9.88. The molecule has 0 saturated carbocycles. The predicted octanol–water partition coefficient (Wildman–Crippen LogP) is 8.20. The SMILES string of the molecule is CN1CCc2cc(OCc3ccccc3)c(OCc3ccccc3)cc2C1Cc1ccc(OCc2ccccc2)cc1. The second-order valence-corrected chi connectivity index (χ2v) is 10.9. The second-order valence-electron chi connectivity index (χ2n) is 10.9. The molecule has 0 N–H and O–H groups in total. The van der Waals surface area contributed by atoms with Crippen LogP contribution in [0.25, 0.3) is 0 Å². The van der Waals surface area contributed by atoms with Crippen LogP contribution in [0.1, 0.15) is 39.4 Å². The first kappa shape index (κ1) is 27.6. The van der Waals surface area contributed by atoms with E-state index in [-0.39, 0.29) is 6.04 Å². The summed E-state index contributed by atoms with van der Waals surface area (Å²) in [5, 5.41) is 0. The first-order valence-electron chi connectivity index (χ1n) is 14.7. The van der Waals surface area contributed by atoms with E-state index in [2.05, 4.69) is 84.7 Å². The topological polar surface area (TPSA) is 30.9 Å². The molecule has 42 heavy (non-hydrogen) atoms. The Labute approximate surface area is 249 Å². The Balaban J connectivity index is 1.21. The summed E-state index contributed by atoms with van der Waals surface area (Å²) >= 11 is 0. The molecular formula is C38H37NO3. The standard InChI is InChI=1S/C38H37NO3/c1-39-22-21-33-24-37(41-27-31-13-7-3-8-14-31)38(42-28-32-15-9-4-10-16-32)25-35(33)36(39)23-29-17-19-34(20-18-29)40-26-30-11-5-2-6-12-30/h2-20,24-25,36H,21-23,26-28H2,1H3. The van der Waals surface area contributed by atoms with Gasteiger partial charge in [-0.1, -0.05) is 103 Å². The van der Waals surface area contributed by atoms with E-state index < -0.39 is 0 Å². The zero-order valence-corrected chi connectivity index (χ0v) is 24.1. The van der Waals surface area contributed by atoms with E-state index in [1.54, 1.807) is 0 Å². The molecule has 1 aliphatic heterocycles. The Morgan fingerprint density at radius 3 is 1.62 bits per heavy atom. The lowest BCUT2D eigenvalue weighted by Crippen LogP contribution is -2.33. The molecule has 0 aromatic heterocycles. The number of hydrogen-bond donors (Lipinski definition) is 0. The van der Waals surface area contributed by atoms with E-state index in [4.69, 9.17) is 14.2 Å². The van der Waals surface area contributed by atoms with Crippen LogP contribution in [0.15, 0.2) is 127 Å². The Morgan fingerprint density at radius 2 is 1.07 bits per heavy atom. The van der Waals surface area contributed by atoms with Crippen molar-refractivity contribution in [2.24, 2.45) is 0 Å². The minimum Gasteiger partial charge on any atom is -0.489 e. The molecule has 5 aromatic carbocycles. The van der Waals surface area contributed by atoms with Crippen molar-refractivity contribution < 1.29 is 14.2 Å². The summed E-state index contributed by atoms with van der Waals surface area (Å²) in [6, 6.07) is 44.1. The van der Waals surface area contributed by atoms with Gasteiger partial charge in [0.25, 0.3) is 0 Å². The lowest BCUT2D eigenvalue weighted by molar-refractivity contribution is 0.223. The van der Waals surface area contributed by atoms with Crippen molar-refractivity contribution in [1.29, 1.82) is 0 Å². The summed E-state index contributed by atoms with van der Waals surface area (Å²) in [6.07, 6.45) is 1.89. The molecule has 0 radical (unpaired) electrons. The summed E-state index contributed by atoms with van der Waals surface area (Å²) < 4.78 is 18.8. The van der Waals surface area contributed by atoms with Crippen LogP contribution in [-0.2, 0) is 32.7 Å². The number of benzene rings is 5. The molecule has 0 fully saturated rings. The Bertz CT molecular complexity index is 1550. The van der Waals surface area contributed by atoms with Gasteiger partial charge >= 0.3 is 0 Å². The van der Waals surface area contributed by atoms with Gasteiger partial charge in [-0.15, -0.1) is 0 Å². The van der Waals surface area contributed by atoms with Crippen molar-refractivity contribution in [1.82, 2.24) is 4.90 Å². The summed E-state index contributed by atoms with van der Waals surface area (Å²) in [4.78, 5) is 2.45. The van der Waals surface area contributed by atoms with Gasteiger partial charge in [0.05, 0.1) is 0 Å². The zero-order valence-electron chi connectivity index (χ0n) is 24.1. The van der Waals surface area contributed by atoms with Crippen molar-refractivity contribution in [2.45, 2.75) is 38.7 Å². The second kappa shape index (κ2) is 13.4. The maximum absolute atomic E-state index is 6.43. The van der Waals surface area contributed by atoms with Gasteiger partial charge in [-0.2, -0.15) is 0 Å². The molecule has 1 atom stereocenters. The van der Waals surface area contributed by atoms with Crippen LogP contribution < -0.4 is 14.2 Å². The number of likely N-dealkylation sites (N-methyl/N-ethyl adjacent to an activating group) is 1. The molecule has 4 nitrogen and oxygen atoms in total. The highest BCUT2D eigenvalue weighted by Crippen LogP contribution is 2.40. The lowest BCUT2D eigenvalue weighted by Gasteiger charge is -2.35. The smallest absolute Gasteiger partial charge is 0.162 e. The van der Waals surface area contributed by atoms with E-state index in [1.165, 1.54) is 22.3 Å². The molecular weight excluding hydrogens is 518 g/mol. The van der Waals surface area contributed by atoms with Gasteiger partial charge in [0, 0.05) is 12.6 Å². The summed E-state index contributed by atoms with van der Waals surface area (Å²) in [5.74, 6) is 2.48. The summed E-state index contributed by atoms with van der Waals surface area (Å²) in [7, 11) is 2.22. The number of hydrogen-bond acceptors (Lipinski definition) is 4. The largest absolute Gasteiger partial charge is 0.489 e. The first-order valence-corrected chi connectivity index (χ1v) is 14.7. The van der Waals surface area contributed by atoms with Crippen LogP contribution in [0.2, 0.25) is 0 Å². The van der Waals surface area contributed by atoms with E-state index in [1.807, 2.05) is 54.6 Å². The zero-order chi connectivity index (χ0) is 28.6. The van der Waals surface area contributed by atoms with Crippen LogP contribution in [0.4, 0.5) is 0 Å². The summed E-state index contributed by atoms with van der Waals surface area (Å²) in [6.45, 7) is 2.56. The first-order chi connectivity index (χ1) is 20.7. The van der Waals surface area contributed by atoms with Gasteiger partial charge in [0.15, 0.2) is 11.5 Å². The highest BCUT2D eigenvalue weighted by molar-refractivity contribution is 5.50. The van der Waals surface area contributed by atoms with Gasteiger partial charge in [-0.05, 0) is 77.5 Å². The van der Waals surface area contributed by atoms with Crippen LogP contribution in [0.3, 0.4) is 0 Å². The maximum atomic E-state index is 6.43.